The van der Waals surface area contributed by atoms with E-state index >= 15 is 0 Å². The summed E-state index contributed by atoms with van der Waals surface area (Å²) in [7, 11) is 0. The first-order chi connectivity index (χ1) is 6.61. The number of nitrogen functional groups attached to an aromatic ring is 1. The average Bonchev–Trinajstić information content (AvgIpc) is 2.41. The number of anilines is 1. The molecule has 1 aromatic heterocycles. The number of carbonyl (C=O) groups is 2. The van der Waals surface area contributed by atoms with Gasteiger partial charge in [-0.15, -0.1) is 4.74 Å². The van der Waals surface area contributed by atoms with E-state index in [0.29, 0.717) is 4.74 Å². The standard InChI is InChI=1S/C7H8N2O5/c1-2-13-6(11)4-5(8)9(3-10)14-7(4)12/h3H,2,8H2,1H3. The Kier molecular flexibility index (Phi) is 2.70. The van der Waals surface area contributed by atoms with Gasteiger partial charge in [0.1, 0.15) is 0 Å². The third-order valence-corrected chi connectivity index (χ3v) is 1.45. The first-order valence-corrected chi connectivity index (χ1v) is 3.75. The summed E-state index contributed by atoms with van der Waals surface area (Å²) in [4.78, 5) is 32.4. The first-order valence-electron chi connectivity index (χ1n) is 3.75. The molecule has 0 aliphatic heterocycles. The maximum atomic E-state index is 11.1. The third-order valence-electron chi connectivity index (χ3n) is 1.45. The van der Waals surface area contributed by atoms with Gasteiger partial charge in [-0.1, -0.05) is 0 Å². The van der Waals surface area contributed by atoms with Crippen LogP contribution < -0.4 is 11.4 Å². The molecule has 0 aliphatic rings. The molecule has 7 heteroatoms. The van der Waals surface area contributed by atoms with Gasteiger partial charge in [-0.2, -0.15) is 0 Å². The summed E-state index contributed by atoms with van der Waals surface area (Å²) in [6.07, 6.45) is 0.180. The monoisotopic (exact) mass is 200 g/mol. The lowest BCUT2D eigenvalue weighted by molar-refractivity contribution is 0.0524. The minimum Gasteiger partial charge on any atom is -0.462 e. The molecule has 0 fully saturated rings. The zero-order chi connectivity index (χ0) is 10.7. The van der Waals surface area contributed by atoms with Crippen molar-refractivity contribution in [2.24, 2.45) is 0 Å². The number of hydrogen-bond acceptors (Lipinski definition) is 6. The molecule has 7 nitrogen and oxygen atoms in total. The molecule has 0 aromatic carbocycles. The normalized spacial score (nSPS) is 9.79. The average molecular weight is 200 g/mol. The van der Waals surface area contributed by atoms with E-state index in [1.165, 1.54) is 0 Å². The fraction of sp³-hybridized carbons (Fsp3) is 0.286. The molecule has 0 spiro atoms. The maximum absolute atomic E-state index is 11.1. The minimum absolute atomic E-state index is 0.101. The topological polar surface area (TPSA) is 105 Å². The van der Waals surface area contributed by atoms with Gasteiger partial charge in [0.15, 0.2) is 11.4 Å². The van der Waals surface area contributed by atoms with Crippen LogP contribution in [0.2, 0.25) is 0 Å². The number of nitrogens with two attached hydrogens (primary N) is 1. The van der Waals surface area contributed by atoms with Gasteiger partial charge in [0, 0.05) is 0 Å². The van der Waals surface area contributed by atoms with Crippen molar-refractivity contribution in [1.29, 1.82) is 0 Å². The molecule has 0 atom stereocenters. The van der Waals surface area contributed by atoms with E-state index in [2.05, 4.69) is 9.26 Å². The van der Waals surface area contributed by atoms with E-state index in [1.54, 1.807) is 6.92 Å². The number of carbonyl (C=O) groups excluding carboxylic acids is 2. The van der Waals surface area contributed by atoms with E-state index in [4.69, 9.17) is 5.73 Å². The van der Waals surface area contributed by atoms with Crippen molar-refractivity contribution in [3.05, 3.63) is 16.0 Å². The maximum Gasteiger partial charge on any atom is 0.375 e. The highest BCUT2D eigenvalue weighted by Gasteiger charge is 2.22. The molecule has 0 amide bonds. The minimum atomic E-state index is -0.993. The van der Waals surface area contributed by atoms with Gasteiger partial charge in [-0.05, 0) is 6.92 Å². The lowest BCUT2D eigenvalue weighted by atomic mass is 10.3. The van der Waals surface area contributed by atoms with Gasteiger partial charge in [-0.25, -0.2) is 9.59 Å². The highest BCUT2D eigenvalue weighted by atomic mass is 16.5. The van der Waals surface area contributed by atoms with Crippen molar-refractivity contribution in [3.8, 4) is 0 Å². The summed E-state index contributed by atoms with van der Waals surface area (Å²) in [6.45, 7) is 1.68. The van der Waals surface area contributed by atoms with E-state index in [1.807, 2.05) is 0 Å². The van der Waals surface area contributed by atoms with Crippen LogP contribution >= 0.6 is 0 Å². The molecule has 0 bridgehead atoms. The van der Waals surface area contributed by atoms with E-state index in [0.717, 1.165) is 0 Å². The predicted molar refractivity (Wildman–Crippen MR) is 45.5 cm³/mol. The number of ether oxygens (including phenoxy) is 1. The molecule has 0 aliphatic carbocycles. The summed E-state index contributed by atoms with van der Waals surface area (Å²) < 4.78 is 9.34. The molecule has 1 aromatic rings. The van der Waals surface area contributed by atoms with Gasteiger partial charge in [0.2, 0.25) is 6.41 Å². The second-order valence-electron chi connectivity index (χ2n) is 2.29. The first kappa shape index (κ1) is 10.0. The molecular weight excluding hydrogens is 192 g/mol. The highest BCUT2D eigenvalue weighted by molar-refractivity contribution is 5.94. The second-order valence-corrected chi connectivity index (χ2v) is 2.29. The van der Waals surface area contributed by atoms with E-state index < -0.39 is 17.2 Å². The van der Waals surface area contributed by atoms with Gasteiger partial charge >= 0.3 is 11.6 Å². The molecule has 0 radical (unpaired) electrons. The predicted octanol–water partition coefficient (Wildman–Crippen LogP) is -0.762. The summed E-state index contributed by atoms with van der Waals surface area (Å²) >= 11 is 0. The van der Waals surface area contributed by atoms with Crippen molar-refractivity contribution >= 4 is 18.2 Å². The molecule has 0 saturated heterocycles. The van der Waals surface area contributed by atoms with E-state index in [9.17, 15) is 14.4 Å². The van der Waals surface area contributed by atoms with Crippen molar-refractivity contribution in [1.82, 2.24) is 4.74 Å². The molecule has 0 saturated carbocycles. The zero-order valence-corrected chi connectivity index (χ0v) is 7.35. The van der Waals surface area contributed by atoms with E-state index in [-0.39, 0.29) is 18.8 Å². The highest BCUT2D eigenvalue weighted by Crippen LogP contribution is 2.07. The van der Waals surface area contributed by atoms with Crippen LogP contribution in [0.3, 0.4) is 0 Å². The number of nitrogens with zero attached hydrogens (tertiary/aromatic N) is 1. The Bertz CT molecular complexity index is 416. The largest absolute Gasteiger partial charge is 0.462 e. The smallest absolute Gasteiger partial charge is 0.375 e. The number of rotatable bonds is 3. The van der Waals surface area contributed by atoms with Gasteiger partial charge in [0.05, 0.1) is 6.61 Å². The van der Waals surface area contributed by atoms with Crippen LogP contribution in [-0.4, -0.2) is 23.7 Å². The van der Waals surface area contributed by atoms with Crippen LogP contribution in [0.1, 0.15) is 17.3 Å². The summed E-state index contributed by atoms with van der Waals surface area (Å²) in [5.74, 6) is -1.26. The molecule has 1 rings (SSSR count). The lowest BCUT2D eigenvalue weighted by Crippen LogP contribution is -2.15. The Hall–Kier alpha value is -2.05. The number of hydrogen-bond donors (Lipinski definition) is 1. The Morgan fingerprint density at radius 1 is 1.71 bits per heavy atom. The van der Waals surface area contributed by atoms with Crippen LogP contribution in [0.5, 0.6) is 0 Å². The van der Waals surface area contributed by atoms with Gasteiger partial charge in [-0.3, -0.25) is 4.79 Å². The van der Waals surface area contributed by atoms with Crippen LogP contribution in [-0.2, 0) is 9.53 Å². The van der Waals surface area contributed by atoms with Crippen LogP contribution in [0.25, 0.3) is 0 Å². The Labute approximate surface area is 78.0 Å². The Morgan fingerprint density at radius 2 is 2.36 bits per heavy atom. The van der Waals surface area contributed by atoms with Crippen molar-refractivity contribution in [2.75, 3.05) is 12.3 Å². The number of esters is 1. The van der Waals surface area contributed by atoms with Crippen LogP contribution in [0.15, 0.2) is 9.32 Å². The molecule has 76 valence electrons. The summed E-state index contributed by atoms with van der Waals surface area (Å²) in [5, 5.41) is 0. The molecule has 0 unspecified atom stereocenters. The summed E-state index contributed by atoms with van der Waals surface area (Å²) in [5.41, 5.74) is 3.83. The molecule has 14 heavy (non-hydrogen) atoms. The Balaban J connectivity index is 3.20. The van der Waals surface area contributed by atoms with Crippen molar-refractivity contribution in [3.63, 3.8) is 0 Å². The lowest BCUT2D eigenvalue weighted by Gasteiger charge is -1.97. The fourth-order valence-electron chi connectivity index (χ4n) is 0.868. The third kappa shape index (κ3) is 1.51. The molecular formula is C7H8N2O5. The van der Waals surface area contributed by atoms with Crippen LogP contribution in [0, 0.1) is 0 Å². The van der Waals surface area contributed by atoms with Crippen molar-refractivity contribution < 1.29 is 18.8 Å². The SMILES string of the molecule is CCOC(=O)c1c(N)n(C=O)oc1=O. The van der Waals surface area contributed by atoms with Gasteiger partial charge < -0.3 is 15.0 Å². The Morgan fingerprint density at radius 3 is 2.79 bits per heavy atom. The van der Waals surface area contributed by atoms with Crippen molar-refractivity contribution in [2.45, 2.75) is 6.92 Å². The molecule has 1 heterocycles. The van der Waals surface area contributed by atoms with Gasteiger partial charge in [0.25, 0.3) is 0 Å². The second kappa shape index (κ2) is 3.77. The fourth-order valence-corrected chi connectivity index (χ4v) is 0.868. The number of aromatic nitrogens is 1. The van der Waals surface area contributed by atoms with Crippen LogP contribution in [0.4, 0.5) is 5.82 Å². The molecule has 2 N–H and O–H groups in total. The quantitative estimate of drug-likeness (QED) is 0.507. The zero-order valence-electron chi connectivity index (χ0n) is 7.35. The summed E-state index contributed by atoms with van der Waals surface area (Å²) in [6, 6.07) is 0.